The maximum atomic E-state index is 13.9. The van der Waals surface area contributed by atoms with Crippen molar-refractivity contribution in [3.05, 3.63) is 53.4 Å². The molecule has 4 unspecified atom stereocenters. The third-order valence-corrected chi connectivity index (χ3v) is 11.8. The van der Waals surface area contributed by atoms with Crippen LogP contribution in [0.3, 0.4) is 0 Å². The van der Waals surface area contributed by atoms with E-state index in [0.29, 0.717) is 61.8 Å². The van der Waals surface area contributed by atoms with Crippen LogP contribution in [0.25, 0.3) is 0 Å². The lowest BCUT2D eigenvalue weighted by Gasteiger charge is -2.47. The molecule has 14 heteroatoms. The standard InChI is InChI=1S/C37H44N6O8/c1-35(24-8-6-5-7-9-24)29(46)40(3)34(51)43(31(35)48)21-28(45)26-12-17-37(22-39-26)15-10-25(11-16-37)36(2)30(47)41(4)33(50)42(32(36)49)20-27(44)23-13-18-38-19-14-23/h8,10,13-14,18-19,26,39H,5-7,9,11-12,15-17,20-22H2,1-4H3. The van der Waals surface area contributed by atoms with Gasteiger partial charge in [0.1, 0.15) is 10.8 Å². The lowest BCUT2D eigenvalue weighted by Crippen LogP contribution is -2.65. The van der Waals surface area contributed by atoms with E-state index in [1.165, 1.54) is 45.5 Å². The molecule has 4 heterocycles. The fourth-order valence-electron chi connectivity index (χ4n) is 8.30. The average Bonchev–Trinajstić information content (AvgIpc) is 3.16. The quantitative estimate of drug-likeness (QED) is 0.241. The number of imide groups is 4. The first-order valence-electron chi connectivity index (χ1n) is 17.5. The molecule has 14 nitrogen and oxygen atoms in total. The molecule has 0 aromatic carbocycles. The zero-order valence-electron chi connectivity index (χ0n) is 29.5. The molecule has 0 radical (unpaired) electrons. The summed E-state index contributed by atoms with van der Waals surface area (Å²) in [6, 6.07) is 0.723. The number of carbonyl (C=O) groups excluding carboxylic acids is 8. The summed E-state index contributed by atoms with van der Waals surface area (Å²) in [5, 5.41) is 3.32. The van der Waals surface area contributed by atoms with Gasteiger partial charge in [-0.3, -0.25) is 53.4 Å². The summed E-state index contributed by atoms with van der Waals surface area (Å²) < 4.78 is 0. The summed E-state index contributed by atoms with van der Waals surface area (Å²) in [6.45, 7) is 2.56. The molecule has 2 aliphatic carbocycles. The highest BCUT2D eigenvalue weighted by Crippen LogP contribution is 2.48. The lowest BCUT2D eigenvalue weighted by molar-refractivity contribution is -0.156. The topological polar surface area (TPSA) is 174 Å². The molecule has 6 rings (SSSR count). The van der Waals surface area contributed by atoms with Crippen molar-refractivity contribution in [1.29, 1.82) is 0 Å². The number of Topliss-reactive ketones (excluding diaryl/α,β-unsaturated/α-hetero) is 2. The fourth-order valence-corrected chi connectivity index (χ4v) is 8.30. The third kappa shape index (κ3) is 5.92. The van der Waals surface area contributed by atoms with Gasteiger partial charge in [-0.2, -0.15) is 0 Å². The number of urea groups is 2. The summed E-state index contributed by atoms with van der Waals surface area (Å²) in [4.78, 5) is 114. The molecule has 8 amide bonds. The van der Waals surface area contributed by atoms with Gasteiger partial charge in [0, 0.05) is 38.6 Å². The van der Waals surface area contributed by atoms with E-state index in [-0.39, 0.29) is 11.2 Å². The van der Waals surface area contributed by atoms with E-state index in [0.717, 1.165) is 38.9 Å². The van der Waals surface area contributed by atoms with Crippen LogP contribution in [0.4, 0.5) is 9.59 Å². The molecular formula is C37H44N6O8. The van der Waals surface area contributed by atoms with Gasteiger partial charge in [-0.05, 0) is 100 Å². The number of piperidine rings is 1. The summed E-state index contributed by atoms with van der Waals surface area (Å²) in [7, 11) is 2.65. The molecule has 3 aliphatic heterocycles. The van der Waals surface area contributed by atoms with Gasteiger partial charge in [-0.25, -0.2) is 9.59 Å². The molecule has 4 atom stereocenters. The third-order valence-electron chi connectivity index (χ3n) is 11.8. The molecule has 5 aliphatic rings. The van der Waals surface area contributed by atoms with Gasteiger partial charge >= 0.3 is 12.1 Å². The van der Waals surface area contributed by atoms with Crippen molar-refractivity contribution < 1.29 is 38.4 Å². The second-order valence-corrected chi connectivity index (χ2v) is 14.8. The van der Waals surface area contributed by atoms with Crippen LogP contribution in [-0.4, -0.2) is 112 Å². The number of nitrogens with one attached hydrogen (secondary N) is 1. The Bertz CT molecular complexity index is 1780. The number of hydrogen-bond donors (Lipinski definition) is 1. The second kappa shape index (κ2) is 13.4. The van der Waals surface area contributed by atoms with Crippen LogP contribution in [0.2, 0.25) is 0 Å². The first-order chi connectivity index (χ1) is 24.2. The monoisotopic (exact) mass is 700 g/mol. The normalized spacial score (nSPS) is 30.5. The zero-order valence-corrected chi connectivity index (χ0v) is 29.5. The van der Waals surface area contributed by atoms with E-state index >= 15 is 0 Å². The van der Waals surface area contributed by atoms with E-state index in [4.69, 9.17) is 0 Å². The molecule has 1 N–H and O–H groups in total. The van der Waals surface area contributed by atoms with Crippen molar-refractivity contribution in [2.24, 2.45) is 16.2 Å². The van der Waals surface area contributed by atoms with Gasteiger partial charge < -0.3 is 5.32 Å². The smallest absolute Gasteiger partial charge is 0.307 e. The van der Waals surface area contributed by atoms with E-state index in [2.05, 4.69) is 10.3 Å². The Kier molecular flexibility index (Phi) is 9.42. The number of rotatable bonds is 8. The van der Waals surface area contributed by atoms with Crippen LogP contribution in [0.5, 0.6) is 0 Å². The van der Waals surface area contributed by atoms with Gasteiger partial charge in [0.2, 0.25) is 11.8 Å². The van der Waals surface area contributed by atoms with Crippen molar-refractivity contribution in [1.82, 2.24) is 29.9 Å². The highest BCUT2D eigenvalue weighted by Gasteiger charge is 2.58. The number of ketones is 2. The molecule has 1 spiro atoms. The number of allylic oxidation sites excluding steroid dienone is 2. The number of amides is 8. The van der Waals surface area contributed by atoms with Gasteiger partial charge in [-0.15, -0.1) is 0 Å². The van der Waals surface area contributed by atoms with Crippen LogP contribution in [0.15, 0.2) is 47.8 Å². The Morgan fingerprint density at radius 3 is 1.88 bits per heavy atom. The highest BCUT2D eigenvalue weighted by molar-refractivity contribution is 6.22. The maximum Gasteiger partial charge on any atom is 0.333 e. The van der Waals surface area contributed by atoms with Crippen molar-refractivity contribution in [3.8, 4) is 0 Å². The van der Waals surface area contributed by atoms with E-state index in [1.54, 1.807) is 6.92 Å². The molecular weight excluding hydrogens is 656 g/mol. The largest absolute Gasteiger partial charge is 0.333 e. The molecule has 51 heavy (non-hydrogen) atoms. The summed E-state index contributed by atoms with van der Waals surface area (Å²) in [6.07, 6.45) is 12.4. The van der Waals surface area contributed by atoms with Gasteiger partial charge in [0.05, 0.1) is 19.1 Å². The summed E-state index contributed by atoms with van der Waals surface area (Å²) in [5.41, 5.74) is -1.87. The fraction of sp³-hybridized carbons (Fsp3) is 0.541. The van der Waals surface area contributed by atoms with Gasteiger partial charge in [0.15, 0.2) is 11.6 Å². The van der Waals surface area contributed by atoms with Gasteiger partial charge in [-0.1, -0.05) is 12.2 Å². The second-order valence-electron chi connectivity index (χ2n) is 14.8. The van der Waals surface area contributed by atoms with Crippen molar-refractivity contribution in [3.63, 3.8) is 0 Å². The molecule has 1 aromatic heterocycles. The predicted octanol–water partition coefficient (Wildman–Crippen LogP) is 3.04. The Balaban J connectivity index is 1.11. The highest BCUT2D eigenvalue weighted by atomic mass is 16.2. The number of aromatic nitrogens is 1. The number of nitrogens with zero attached hydrogens (tertiary/aromatic N) is 5. The Hall–Kier alpha value is -4.85. The van der Waals surface area contributed by atoms with Crippen molar-refractivity contribution in [2.75, 3.05) is 33.7 Å². The number of hydrogen-bond acceptors (Lipinski definition) is 10. The minimum absolute atomic E-state index is 0.258. The molecule has 0 saturated carbocycles. The molecule has 3 fully saturated rings. The molecule has 1 aromatic rings. The first-order valence-corrected chi connectivity index (χ1v) is 17.5. The Morgan fingerprint density at radius 1 is 0.784 bits per heavy atom. The van der Waals surface area contributed by atoms with Crippen molar-refractivity contribution in [2.45, 2.75) is 77.7 Å². The predicted molar refractivity (Wildman–Crippen MR) is 181 cm³/mol. The van der Waals surface area contributed by atoms with Gasteiger partial charge in [0.25, 0.3) is 11.8 Å². The van der Waals surface area contributed by atoms with E-state index < -0.39 is 71.4 Å². The van der Waals surface area contributed by atoms with Crippen LogP contribution in [0, 0.1) is 16.2 Å². The molecule has 0 bridgehead atoms. The average molecular weight is 701 g/mol. The Morgan fingerprint density at radius 2 is 1.37 bits per heavy atom. The summed E-state index contributed by atoms with van der Waals surface area (Å²) >= 11 is 0. The SMILES string of the molecule is CN1C(=O)N(CC(=O)c2ccncc2)C(=O)C(C)(C2=CCC3(CC2)CCC(C(=O)CN2C(=O)N(C)C(=O)C(C)(C4=CCCCC4)C2=O)NC3)C1=O. The zero-order chi connectivity index (χ0) is 36.9. The lowest BCUT2D eigenvalue weighted by atomic mass is 9.64. The van der Waals surface area contributed by atoms with Crippen LogP contribution in [0.1, 0.15) is 82.0 Å². The molecule has 270 valence electrons. The van der Waals surface area contributed by atoms with E-state index in [1.807, 2.05) is 12.2 Å². The van der Waals surface area contributed by atoms with Crippen LogP contribution >= 0.6 is 0 Å². The number of barbiturate groups is 2. The minimum atomic E-state index is -1.66. The van der Waals surface area contributed by atoms with Crippen LogP contribution < -0.4 is 5.32 Å². The first kappa shape index (κ1) is 36.0. The van der Waals surface area contributed by atoms with E-state index in [9.17, 15) is 38.4 Å². The maximum absolute atomic E-state index is 13.9. The molecule has 3 saturated heterocycles. The van der Waals surface area contributed by atoms with Crippen LogP contribution in [-0.2, 0) is 24.0 Å². The number of carbonyl (C=O) groups is 8. The summed E-state index contributed by atoms with van der Waals surface area (Å²) in [5.74, 6) is -3.40. The number of pyridine rings is 1. The minimum Gasteiger partial charge on any atom is -0.307 e. The van der Waals surface area contributed by atoms with Crippen molar-refractivity contribution >= 4 is 47.3 Å². The Labute approximate surface area is 296 Å².